The van der Waals surface area contributed by atoms with Crippen molar-refractivity contribution in [3.8, 4) is 11.4 Å². The van der Waals surface area contributed by atoms with Crippen molar-refractivity contribution in [3.05, 3.63) is 34.7 Å². The van der Waals surface area contributed by atoms with Gasteiger partial charge in [0, 0.05) is 32.1 Å². The van der Waals surface area contributed by atoms with Crippen molar-refractivity contribution < 1.29 is 27.5 Å². The predicted molar refractivity (Wildman–Crippen MR) is 86.9 cm³/mol. The van der Waals surface area contributed by atoms with E-state index in [1.165, 1.54) is 24.0 Å². The molecule has 3 rings (SSSR count). The van der Waals surface area contributed by atoms with Gasteiger partial charge in [-0.05, 0) is 29.0 Å². The van der Waals surface area contributed by atoms with Gasteiger partial charge in [-0.2, -0.15) is 4.68 Å². The molecule has 1 fully saturated rings. The van der Waals surface area contributed by atoms with Crippen molar-refractivity contribution in [1.29, 1.82) is 0 Å². The number of ether oxygens (including phenoxy) is 1. The molecule has 0 spiro atoms. The molecule has 0 saturated carbocycles. The van der Waals surface area contributed by atoms with E-state index in [4.69, 9.17) is 0 Å². The number of nitrogens with one attached hydrogen (secondary N) is 1. The molecule has 13 heteroatoms. The summed E-state index contributed by atoms with van der Waals surface area (Å²) in [7, 11) is 0. The van der Waals surface area contributed by atoms with Gasteiger partial charge in [0.2, 0.25) is 5.91 Å². The summed E-state index contributed by atoms with van der Waals surface area (Å²) in [5.41, 5.74) is -1.000. The minimum Gasteiger partial charge on any atom is -0.406 e. The number of likely N-dealkylation sites (tertiary alicyclic amines) is 1. The zero-order valence-electron chi connectivity index (χ0n) is 14.5. The van der Waals surface area contributed by atoms with Crippen LogP contribution in [-0.4, -0.2) is 62.1 Å². The van der Waals surface area contributed by atoms with E-state index in [1.807, 2.05) is 0 Å². The number of halogens is 3. The van der Waals surface area contributed by atoms with Crippen LogP contribution in [0.1, 0.15) is 13.3 Å². The van der Waals surface area contributed by atoms with Crippen molar-refractivity contribution in [2.75, 3.05) is 13.1 Å². The Morgan fingerprint density at radius 1 is 1.29 bits per heavy atom. The number of tetrazole rings is 1. The summed E-state index contributed by atoms with van der Waals surface area (Å²) in [5.74, 6) is -0.779. The molecule has 0 radical (unpaired) electrons. The fourth-order valence-electron chi connectivity index (χ4n) is 2.81. The lowest BCUT2D eigenvalue weighted by Gasteiger charge is -2.15. The average Bonchev–Trinajstić information content (AvgIpc) is 3.19. The highest BCUT2D eigenvalue weighted by molar-refractivity contribution is 5.76. The van der Waals surface area contributed by atoms with Crippen LogP contribution in [0.5, 0.6) is 5.75 Å². The zero-order chi connectivity index (χ0) is 20.5. The van der Waals surface area contributed by atoms with E-state index < -0.39 is 23.8 Å². The number of hydrogen-bond donors (Lipinski definition) is 1. The highest BCUT2D eigenvalue weighted by Crippen LogP contribution is 2.24. The van der Waals surface area contributed by atoms with E-state index in [1.54, 1.807) is 0 Å². The molecule has 0 aliphatic carbocycles. The minimum absolute atomic E-state index is 0.0525. The fourth-order valence-corrected chi connectivity index (χ4v) is 2.81. The van der Waals surface area contributed by atoms with Gasteiger partial charge >= 0.3 is 18.1 Å². The lowest BCUT2D eigenvalue weighted by Crippen LogP contribution is -2.42. The average molecular weight is 400 g/mol. The van der Waals surface area contributed by atoms with Crippen molar-refractivity contribution >= 4 is 11.9 Å². The van der Waals surface area contributed by atoms with Crippen LogP contribution in [0, 0.1) is 0 Å². The van der Waals surface area contributed by atoms with Crippen LogP contribution in [0.3, 0.4) is 0 Å². The van der Waals surface area contributed by atoms with Crippen molar-refractivity contribution in [2.24, 2.45) is 0 Å². The molecule has 1 atom stereocenters. The van der Waals surface area contributed by atoms with Gasteiger partial charge in [0.05, 0.1) is 5.69 Å². The molecular weight excluding hydrogens is 385 g/mol. The van der Waals surface area contributed by atoms with Crippen molar-refractivity contribution in [2.45, 2.75) is 25.7 Å². The topological polar surface area (TPSA) is 111 Å². The van der Waals surface area contributed by atoms with Gasteiger partial charge in [-0.3, -0.25) is 4.79 Å². The normalized spacial score (nSPS) is 16.9. The maximum atomic E-state index is 12.5. The lowest BCUT2D eigenvalue weighted by atomic mass is 10.3. The first-order valence-corrected chi connectivity index (χ1v) is 8.11. The largest absolute Gasteiger partial charge is 0.573 e. The highest BCUT2D eigenvalue weighted by Gasteiger charge is 2.32. The Balaban J connectivity index is 1.79. The predicted octanol–water partition coefficient (Wildman–Crippen LogP) is 0.506. The molecule has 28 heavy (non-hydrogen) atoms. The number of rotatable bonds is 3. The van der Waals surface area contributed by atoms with Gasteiger partial charge in [0.25, 0.3) is 0 Å². The van der Waals surface area contributed by atoms with E-state index in [0.29, 0.717) is 22.3 Å². The molecule has 1 aromatic heterocycles. The maximum Gasteiger partial charge on any atom is 0.573 e. The number of aromatic nitrogens is 4. The molecular formula is C15H15F3N6O4. The Bertz CT molecular complexity index is 954. The molecule has 1 aliphatic heterocycles. The Morgan fingerprint density at radius 2 is 2.04 bits per heavy atom. The molecule has 2 amide bonds. The number of benzene rings is 1. The number of amides is 2. The van der Waals surface area contributed by atoms with Crippen LogP contribution in [-0.2, 0) is 4.79 Å². The van der Waals surface area contributed by atoms with Crippen LogP contribution in [0.15, 0.2) is 29.1 Å². The lowest BCUT2D eigenvalue weighted by molar-refractivity contribution is -0.274. The molecule has 1 N–H and O–H groups in total. The maximum absolute atomic E-state index is 12.5. The smallest absolute Gasteiger partial charge is 0.406 e. The summed E-state index contributed by atoms with van der Waals surface area (Å²) in [5, 5.41) is 9.73. The van der Waals surface area contributed by atoms with E-state index in [-0.39, 0.29) is 24.2 Å². The summed E-state index contributed by atoms with van der Waals surface area (Å²) in [6.07, 6.45) is -4.37. The van der Waals surface area contributed by atoms with Crippen LogP contribution in [0.4, 0.5) is 18.0 Å². The molecule has 1 saturated heterocycles. The first-order chi connectivity index (χ1) is 13.1. The summed E-state index contributed by atoms with van der Waals surface area (Å²) < 4.78 is 42.0. The summed E-state index contributed by atoms with van der Waals surface area (Å²) in [6, 6.07) is 3.58. The van der Waals surface area contributed by atoms with Crippen LogP contribution >= 0.6 is 0 Å². The highest BCUT2D eigenvalue weighted by atomic mass is 19.4. The van der Waals surface area contributed by atoms with E-state index >= 15 is 0 Å². The molecule has 150 valence electrons. The number of nitrogens with zero attached hydrogens (tertiary/aromatic N) is 5. The Hall–Kier alpha value is -3.38. The van der Waals surface area contributed by atoms with Gasteiger partial charge in [-0.25, -0.2) is 9.59 Å². The second-order valence-corrected chi connectivity index (χ2v) is 6.04. The van der Waals surface area contributed by atoms with E-state index in [0.717, 1.165) is 12.1 Å². The number of alkyl halides is 3. The van der Waals surface area contributed by atoms with Gasteiger partial charge in [-0.15, -0.1) is 17.9 Å². The molecule has 1 aliphatic rings. The summed E-state index contributed by atoms with van der Waals surface area (Å²) in [4.78, 5) is 37.4. The number of hydrogen-bond acceptors (Lipinski definition) is 6. The van der Waals surface area contributed by atoms with Crippen LogP contribution < -0.4 is 15.7 Å². The molecule has 10 nitrogen and oxygen atoms in total. The fraction of sp³-hybridized carbons (Fsp3) is 0.400. The molecule has 2 heterocycles. The Labute approximate surface area is 155 Å². The SMILES string of the molecule is CC(=O)N[C@H]1CCN(C(=O)n2nnn(-c3cccc(OC(F)(F)F)c3)c2=O)C1. The third-order valence-corrected chi connectivity index (χ3v) is 3.92. The van der Waals surface area contributed by atoms with Crippen molar-refractivity contribution in [3.63, 3.8) is 0 Å². The first kappa shape index (κ1) is 19.4. The zero-order valence-corrected chi connectivity index (χ0v) is 14.5. The third kappa shape index (κ3) is 4.29. The summed E-state index contributed by atoms with van der Waals surface area (Å²) in [6.45, 7) is 1.86. The van der Waals surface area contributed by atoms with E-state index in [9.17, 15) is 27.6 Å². The number of carbonyl (C=O) groups is 2. The van der Waals surface area contributed by atoms with Gasteiger partial charge in [-0.1, -0.05) is 6.07 Å². The van der Waals surface area contributed by atoms with Crippen LogP contribution in [0.25, 0.3) is 5.69 Å². The van der Waals surface area contributed by atoms with Crippen molar-refractivity contribution in [1.82, 2.24) is 30.0 Å². The quantitative estimate of drug-likeness (QED) is 0.752. The Kier molecular flexibility index (Phi) is 5.07. The standard InChI is InChI=1S/C15H15F3N6O4/c1-9(25)19-10-5-6-22(8-10)13(26)24-14(27)23(20-21-24)11-3-2-4-12(7-11)28-15(16,17)18/h2-4,7,10H,5-6,8H2,1H3,(H,19,25)/t10-/m0/s1. The van der Waals surface area contributed by atoms with Gasteiger partial charge < -0.3 is 15.0 Å². The minimum atomic E-state index is -4.89. The summed E-state index contributed by atoms with van der Waals surface area (Å²) >= 11 is 0. The molecule has 1 aromatic carbocycles. The van der Waals surface area contributed by atoms with Gasteiger partial charge in [0.1, 0.15) is 5.75 Å². The molecule has 0 bridgehead atoms. The second kappa shape index (κ2) is 7.32. The Morgan fingerprint density at radius 3 is 2.71 bits per heavy atom. The van der Waals surface area contributed by atoms with Crippen LogP contribution in [0.2, 0.25) is 0 Å². The second-order valence-electron chi connectivity index (χ2n) is 6.04. The number of carbonyl (C=O) groups excluding carboxylic acids is 2. The molecule has 0 unspecified atom stereocenters. The monoisotopic (exact) mass is 400 g/mol. The molecule has 2 aromatic rings. The third-order valence-electron chi connectivity index (χ3n) is 3.92. The first-order valence-electron chi connectivity index (χ1n) is 8.11. The van der Waals surface area contributed by atoms with Gasteiger partial charge in [0.15, 0.2) is 0 Å². The van der Waals surface area contributed by atoms with E-state index in [2.05, 4.69) is 20.5 Å².